The summed E-state index contributed by atoms with van der Waals surface area (Å²) in [7, 11) is 0. The van der Waals surface area contributed by atoms with Crippen LogP contribution in [-0.4, -0.2) is 66.9 Å². The van der Waals surface area contributed by atoms with Gasteiger partial charge in [0.05, 0.1) is 17.2 Å². The fourth-order valence-corrected chi connectivity index (χ4v) is 6.73. The number of aromatic nitrogens is 4. The molecule has 288 valence electrons. The maximum atomic E-state index is 13.7. The van der Waals surface area contributed by atoms with E-state index in [2.05, 4.69) is 37.7 Å². The third-order valence-corrected chi connectivity index (χ3v) is 10.5. The van der Waals surface area contributed by atoms with Crippen LogP contribution in [0.5, 0.6) is 5.75 Å². The minimum absolute atomic E-state index is 0.0266. The predicted molar refractivity (Wildman–Crippen MR) is 212 cm³/mol. The molecule has 0 aliphatic rings. The van der Waals surface area contributed by atoms with Gasteiger partial charge in [0.15, 0.2) is 11.9 Å². The first-order valence-electron chi connectivity index (χ1n) is 18.5. The van der Waals surface area contributed by atoms with Gasteiger partial charge < -0.3 is 25.6 Å². The summed E-state index contributed by atoms with van der Waals surface area (Å²) >= 11 is 1.32. The first kappa shape index (κ1) is 40.7. The Labute approximate surface area is 325 Å². The Morgan fingerprint density at radius 1 is 0.836 bits per heavy atom. The SMILES string of the molecule is CCCCCCCOc1ccc(-c2cnc(-c3ccc(CC(NC(=O)c4ccc(C(C)(C)C)s4)C(=O)NC(C(=O)O)C(O)c4cccnn4)cc3)nc2)cc1. The molecule has 0 bridgehead atoms. The molecule has 0 aliphatic heterocycles. The van der Waals surface area contributed by atoms with E-state index in [4.69, 9.17) is 4.74 Å². The molecule has 0 saturated heterocycles. The molecule has 12 nitrogen and oxygen atoms in total. The minimum Gasteiger partial charge on any atom is -0.494 e. The van der Waals surface area contributed by atoms with Gasteiger partial charge in [-0.15, -0.1) is 11.3 Å². The Kier molecular flexibility index (Phi) is 14.2. The smallest absolute Gasteiger partial charge is 0.329 e. The highest BCUT2D eigenvalue weighted by molar-refractivity contribution is 7.14. The zero-order valence-corrected chi connectivity index (χ0v) is 32.4. The second-order valence-corrected chi connectivity index (χ2v) is 15.4. The number of nitrogens with zero attached hydrogens (tertiary/aromatic N) is 4. The normalized spacial score (nSPS) is 13.0. The Balaban J connectivity index is 1.27. The Morgan fingerprint density at radius 3 is 2.15 bits per heavy atom. The van der Waals surface area contributed by atoms with Crippen LogP contribution in [0.25, 0.3) is 22.5 Å². The number of ether oxygens (including phenoxy) is 1. The summed E-state index contributed by atoms with van der Waals surface area (Å²) in [6.07, 6.45) is 9.19. The summed E-state index contributed by atoms with van der Waals surface area (Å²) in [4.78, 5) is 49.9. The quantitative estimate of drug-likeness (QED) is 0.0683. The molecule has 0 saturated carbocycles. The van der Waals surface area contributed by atoms with Crippen LogP contribution in [0.1, 0.15) is 91.7 Å². The second-order valence-electron chi connectivity index (χ2n) is 14.3. The number of hydrogen-bond donors (Lipinski definition) is 4. The van der Waals surface area contributed by atoms with Crippen molar-refractivity contribution < 1.29 is 29.3 Å². The molecule has 0 spiro atoms. The first-order valence-corrected chi connectivity index (χ1v) is 19.3. The van der Waals surface area contributed by atoms with Crippen molar-refractivity contribution in [3.05, 3.63) is 112 Å². The second kappa shape index (κ2) is 19.2. The number of amides is 2. The van der Waals surface area contributed by atoms with Crippen LogP contribution in [0.3, 0.4) is 0 Å². The van der Waals surface area contributed by atoms with Crippen LogP contribution in [0.15, 0.2) is 91.4 Å². The van der Waals surface area contributed by atoms with Gasteiger partial charge in [0.2, 0.25) is 5.91 Å². The molecule has 55 heavy (non-hydrogen) atoms. The van der Waals surface area contributed by atoms with Gasteiger partial charge in [-0.1, -0.05) is 89.8 Å². The van der Waals surface area contributed by atoms with Gasteiger partial charge >= 0.3 is 5.97 Å². The average molecular weight is 765 g/mol. The molecule has 5 aromatic rings. The standard InChI is InChI=1S/C42H48N6O6S/c1-5-6-7-8-9-23-54-31-18-16-28(17-19-31)30-25-43-38(44-26-30)29-14-12-27(13-15-29)24-33(46-40(51)34-20-21-35(55-34)42(2,3)4)39(50)47-36(41(52)53)37(49)32-11-10-22-45-48-32/h10-22,25-26,33,36-37,49H,5-9,23-24H2,1-4H3,(H,46,51)(H,47,50)(H,52,53). The number of carbonyl (C=O) groups excluding carboxylic acids is 2. The molecule has 3 atom stereocenters. The summed E-state index contributed by atoms with van der Waals surface area (Å²) in [5.41, 5.74) is 3.06. The highest BCUT2D eigenvalue weighted by atomic mass is 32.1. The molecule has 3 heterocycles. The van der Waals surface area contributed by atoms with Crippen molar-refractivity contribution in [3.8, 4) is 28.3 Å². The Bertz CT molecular complexity index is 2000. The number of benzene rings is 2. The maximum absolute atomic E-state index is 13.7. The van der Waals surface area contributed by atoms with Crippen LogP contribution < -0.4 is 15.4 Å². The number of carboxylic acids is 1. The predicted octanol–water partition coefficient (Wildman–Crippen LogP) is 6.95. The number of rotatable bonds is 18. The van der Waals surface area contributed by atoms with Crippen molar-refractivity contribution >= 4 is 29.1 Å². The zero-order chi connectivity index (χ0) is 39.4. The molecule has 2 aromatic carbocycles. The van der Waals surface area contributed by atoms with Crippen molar-refractivity contribution in [3.63, 3.8) is 0 Å². The molecule has 0 aliphatic carbocycles. The lowest BCUT2D eigenvalue weighted by Gasteiger charge is -2.24. The van der Waals surface area contributed by atoms with Gasteiger partial charge in [0.25, 0.3) is 5.91 Å². The van der Waals surface area contributed by atoms with Crippen LogP contribution in [0, 0.1) is 0 Å². The third kappa shape index (κ3) is 11.5. The Hall–Kier alpha value is -5.53. The van der Waals surface area contributed by atoms with Gasteiger partial charge in [-0.3, -0.25) is 9.59 Å². The Morgan fingerprint density at radius 2 is 1.53 bits per heavy atom. The monoisotopic (exact) mass is 764 g/mol. The lowest BCUT2D eigenvalue weighted by atomic mass is 9.95. The van der Waals surface area contributed by atoms with E-state index in [-0.39, 0.29) is 17.5 Å². The number of carbonyl (C=O) groups is 3. The summed E-state index contributed by atoms with van der Waals surface area (Å²) in [5, 5.41) is 33.4. The fraction of sp³-hybridized carbons (Fsp3) is 0.357. The van der Waals surface area contributed by atoms with Crippen LogP contribution >= 0.6 is 11.3 Å². The number of aliphatic hydroxyl groups excluding tert-OH is 1. The van der Waals surface area contributed by atoms with Gasteiger partial charge in [0, 0.05) is 41.0 Å². The lowest BCUT2D eigenvalue weighted by Crippen LogP contribution is -2.54. The number of aliphatic hydroxyl groups is 1. The number of nitrogens with one attached hydrogen (secondary N) is 2. The van der Waals surface area contributed by atoms with E-state index in [0.29, 0.717) is 22.9 Å². The molecule has 4 N–H and O–H groups in total. The van der Waals surface area contributed by atoms with E-state index < -0.39 is 36.0 Å². The van der Waals surface area contributed by atoms with Gasteiger partial charge in [-0.25, -0.2) is 14.8 Å². The van der Waals surface area contributed by atoms with Crippen molar-refractivity contribution in [2.24, 2.45) is 0 Å². The lowest BCUT2D eigenvalue weighted by molar-refractivity contribution is -0.145. The molecule has 3 unspecified atom stereocenters. The van der Waals surface area contributed by atoms with E-state index in [1.807, 2.05) is 63.2 Å². The fourth-order valence-electron chi connectivity index (χ4n) is 5.76. The number of hydrogen-bond acceptors (Lipinski definition) is 10. The molecule has 0 fully saturated rings. The van der Waals surface area contributed by atoms with Gasteiger partial charge in [-0.05, 0) is 59.4 Å². The minimum atomic E-state index is -1.75. The van der Waals surface area contributed by atoms with Gasteiger partial charge in [0.1, 0.15) is 17.9 Å². The average Bonchev–Trinajstić information content (AvgIpc) is 3.71. The first-order chi connectivity index (χ1) is 26.4. The summed E-state index contributed by atoms with van der Waals surface area (Å²) in [6.45, 7) is 9.03. The molecular formula is C42H48N6O6S. The van der Waals surface area contributed by atoms with E-state index >= 15 is 0 Å². The molecule has 5 rings (SSSR count). The largest absolute Gasteiger partial charge is 0.494 e. The maximum Gasteiger partial charge on any atom is 0.329 e. The van der Waals surface area contributed by atoms with Crippen LogP contribution in [0.2, 0.25) is 0 Å². The highest BCUT2D eigenvalue weighted by Crippen LogP contribution is 2.30. The molecule has 0 radical (unpaired) electrons. The van der Waals surface area contributed by atoms with Crippen LogP contribution in [-0.2, 0) is 21.4 Å². The summed E-state index contributed by atoms with van der Waals surface area (Å²) in [5.74, 6) is -1.41. The highest BCUT2D eigenvalue weighted by Gasteiger charge is 2.34. The van der Waals surface area contributed by atoms with Crippen LogP contribution in [0.4, 0.5) is 0 Å². The van der Waals surface area contributed by atoms with E-state index in [1.54, 1.807) is 30.6 Å². The van der Waals surface area contributed by atoms with Crippen molar-refractivity contribution in [1.29, 1.82) is 0 Å². The number of unbranched alkanes of at least 4 members (excludes halogenated alkanes) is 4. The van der Waals surface area contributed by atoms with E-state index in [9.17, 15) is 24.6 Å². The van der Waals surface area contributed by atoms with Crippen molar-refractivity contribution in [2.75, 3.05) is 6.61 Å². The molecule has 2 amide bonds. The molecular weight excluding hydrogens is 717 g/mol. The summed E-state index contributed by atoms with van der Waals surface area (Å²) < 4.78 is 5.89. The third-order valence-electron chi connectivity index (χ3n) is 8.97. The van der Waals surface area contributed by atoms with Crippen molar-refractivity contribution in [2.45, 2.75) is 89.8 Å². The topological polar surface area (TPSA) is 177 Å². The molecule has 13 heteroatoms. The van der Waals surface area contributed by atoms with Crippen molar-refractivity contribution in [1.82, 2.24) is 30.8 Å². The zero-order valence-electron chi connectivity index (χ0n) is 31.6. The van der Waals surface area contributed by atoms with E-state index in [1.165, 1.54) is 55.3 Å². The van der Waals surface area contributed by atoms with Gasteiger partial charge in [-0.2, -0.15) is 10.2 Å². The van der Waals surface area contributed by atoms with E-state index in [0.717, 1.165) is 33.7 Å². The number of aliphatic carboxylic acids is 1. The number of thiophene rings is 1. The summed E-state index contributed by atoms with van der Waals surface area (Å²) in [6, 6.07) is 18.7. The molecule has 3 aromatic heterocycles. The number of carboxylic acid groups (broad SMARTS) is 1.